The van der Waals surface area contributed by atoms with Crippen LogP contribution in [0.5, 0.6) is 5.75 Å². The average Bonchev–Trinajstić information content (AvgIpc) is 3.45. The summed E-state index contributed by atoms with van der Waals surface area (Å²) < 4.78 is 5.39. The van der Waals surface area contributed by atoms with Crippen LogP contribution in [0.3, 0.4) is 0 Å². The lowest BCUT2D eigenvalue weighted by molar-refractivity contribution is -0.144. The van der Waals surface area contributed by atoms with Crippen molar-refractivity contribution >= 4 is 17.9 Å². The lowest BCUT2D eigenvalue weighted by Crippen LogP contribution is -2.55. The van der Waals surface area contributed by atoms with Crippen LogP contribution in [-0.4, -0.2) is 52.1 Å². The van der Waals surface area contributed by atoms with E-state index in [4.69, 9.17) is 4.74 Å². The Morgan fingerprint density at radius 1 is 1.18 bits per heavy atom. The molecule has 8 nitrogen and oxygen atoms in total. The number of phenolic OH excluding ortho intramolecular Hbond substituents is 1. The Bertz CT molecular complexity index is 847. The lowest BCUT2D eigenvalue weighted by Gasteiger charge is -2.36. The smallest absolute Gasteiger partial charge is 0.408 e. The minimum absolute atomic E-state index is 0.0817. The third kappa shape index (κ3) is 7.64. The van der Waals surface area contributed by atoms with Crippen LogP contribution in [0.25, 0.3) is 0 Å². The molecular weight excluding hydrogens is 434 g/mol. The van der Waals surface area contributed by atoms with Gasteiger partial charge in [-0.15, -0.1) is 0 Å². The Balaban J connectivity index is 2.42. The number of alkyl carbamates (subject to hydrolysis) is 1. The SMILES string of the molecule is CCCCNC(=O)C(c1ccc(O)cc1)N(C(=O)C(NC(=O)OC(C)(C)C)C(C)C)C1CC1C. The number of nitrogens with one attached hydrogen (secondary N) is 2. The van der Waals surface area contributed by atoms with Crippen LogP contribution in [0.1, 0.15) is 79.3 Å². The Morgan fingerprint density at radius 2 is 1.76 bits per heavy atom. The Kier molecular flexibility index (Phi) is 9.36. The van der Waals surface area contributed by atoms with Gasteiger partial charge in [-0.05, 0) is 63.1 Å². The maximum Gasteiger partial charge on any atom is 0.408 e. The molecule has 190 valence electrons. The minimum atomic E-state index is -0.874. The van der Waals surface area contributed by atoms with Gasteiger partial charge in [0, 0.05) is 12.6 Å². The third-order valence-corrected chi connectivity index (χ3v) is 5.85. The fourth-order valence-electron chi connectivity index (χ4n) is 3.86. The van der Waals surface area contributed by atoms with Crippen LogP contribution in [0.2, 0.25) is 0 Å². The topological polar surface area (TPSA) is 108 Å². The number of phenols is 1. The van der Waals surface area contributed by atoms with Gasteiger partial charge in [-0.25, -0.2) is 4.79 Å². The first-order valence-electron chi connectivity index (χ1n) is 12.2. The van der Waals surface area contributed by atoms with Crippen LogP contribution in [0.4, 0.5) is 4.79 Å². The Labute approximate surface area is 203 Å². The monoisotopic (exact) mass is 475 g/mol. The van der Waals surface area contributed by atoms with Crippen molar-refractivity contribution < 1.29 is 24.2 Å². The Morgan fingerprint density at radius 3 is 2.24 bits per heavy atom. The van der Waals surface area contributed by atoms with E-state index in [1.165, 1.54) is 12.1 Å². The molecule has 1 aliphatic rings. The van der Waals surface area contributed by atoms with E-state index in [9.17, 15) is 19.5 Å². The van der Waals surface area contributed by atoms with E-state index in [0.717, 1.165) is 19.3 Å². The fourth-order valence-corrected chi connectivity index (χ4v) is 3.86. The van der Waals surface area contributed by atoms with Crippen molar-refractivity contribution in [3.63, 3.8) is 0 Å². The second-order valence-electron chi connectivity index (χ2n) is 10.5. The van der Waals surface area contributed by atoms with Gasteiger partial charge >= 0.3 is 6.09 Å². The second kappa shape index (κ2) is 11.6. The first-order valence-corrected chi connectivity index (χ1v) is 12.2. The molecule has 1 aliphatic carbocycles. The highest BCUT2D eigenvalue weighted by molar-refractivity contribution is 5.92. The summed E-state index contributed by atoms with van der Waals surface area (Å²) in [4.78, 5) is 41.5. The van der Waals surface area contributed by atoms with Crippen LogP contribution in [0, 0.1) is 11.8 Å². The van der Waals surface area contributed by atoms with Gasteiger partial charge in [-0.3, -0.25) is 9.59 Å². The molecule has 0 radical (unpaired) electrons. The van der Waals surface area contributed by atoms with Crippen molar-refractivity contribution in [2.24, 2.45) is 11.8 Å². The van der Waals surface area contributed by atoms with Gasteiger partial charge in [0.1, 0.15) is 23.4 Å². The maximum atomic E-state index is 14.0. The summed E-state index contributed by atoms with van der Waals surface area (Å²) in [5.41, 5.74) is -0.0911. The van der Waals surface area contributed by atoms with Gasteiger partial charge in [-0.2, -0.15) is 0 Å². The van der Waals surface area contributed by atoms with E-state index in [-0.39, 0.29) is 35.4 Å². The summed E-state index contributed by atoms with van der Waals surface area (Å²) in [6.07, 6.45) is 1.87. The maximum absolute atomic E-state index is 14.0. The zero-order chi connectivity index (χ0) is 25.6. The molecule has 0 aliphatic heterocycles. The molecule has 0 bridgehead atoms. The molecule has 4 unspecified atom stereocenters. The van der Waals surface area contributed by atoms with Gasteiger partial charge < -0.3 is 25.4 Å². The van der Waals surface area contributed by atoms with Crippen LogP contribution in [0.15, 0.2) is 24.3 Å². The quantitative estimate of drug-likeness (QED) is 0.441. The van der Waals surface area contributed by atoms with E-state index < -0.39 is 23.8 Å². The summed E-state index contributed by atoms with van der Waals surface area (Å²) in [6, 6.07) is 4.51. The number of unbranched alkanes of at least 4 members (excludes halogenated alkanes) is 1. The minimum Gasteiger partial charge on any atom is -0.508 e. The fraction of sp³-hybridized carbons (Fsp3) is 0.654. The average molecular weight is 476 g/mol. The molecule has 3 N–H and O–H groups in total. The number of hydrogen-bond acceptors (Lipinski definition) is 5. The molecular formula is C26H41N3O5. The molecule has 0 aromatic heterocycles. The van der Waals surface area contributed by atoms with Crippen molar-refractivity contribution in [2.45, 2.75) is 91.5 Å². The van der Waals surface area contributed by atoms with Crippen molar-refractivity contribution in [3.8, 4) is 5.75 Å². The highest BCUT2D eigenvalue weighted by atomic mass is 16.6. The third-order valence-electron chi connectivity index (χ3n) is 5.85. The number of aromatic hydroxyl groups is 1. The predicted octanol–water partition coefficient (Wildman–Crippen LogP) is 4.14. The van der Waals surface area contributed by atoms with Crippen molar-refractivity contribution in [1.82, 2.24) is 15.5 Å². The molecule has 2 rings (SSSR count). The van der Waals surface area contributed by atoms with E-state index in [2.05, 4.69) is 10.6 Å². The van der Waals surface area contributed by atoms with Gasteiger partial charge in [0.25, 0.3) is 0 Å². The van der Waals surface area contributed by atoms with E-state index >= 15 is 0 Å². The molecule has 1 saturated carbocycles. The molecule has 0 spiro atoms. The van der Waals surface area contributed by atoms with Crippen LogP contribution >= 0.6 is 0 Å². The van der Waals surface area contributed by atoms with E-state index in [1.54, 1.807) is 37.8 Å². The first-order chi connectivity index (χ1) is 15.9. The number of benzene rings is 1. The number of ether oxygens (including phenoxy) is 1. The molecule has 1 aromatic carbocycles. The molecule has 3 amide bonds. The van der Waals surface area contributed by atoms with Crippen molar-refractivity contribution in [2.75, 3.05) is 6.54 Å². The standard InChI is InChI=1S/C26H41N3O5/c1-8-9-14-27-23(31)22(18-10-12-19(30)13-11-18)29(20-15-17(20)4)24(32)21(16(2)3)28-25(33)34-26(5,6)7/h10-13,16-17,20-22,30H,8-9,14-15H2,1-7H3,(H,27,31)(H,28,33). The molecule has 8 heteroatoms. The van der Waals surface area contributed by atoms with Gasteiger partial charge in [0.05, 0.1) is 0 Å². The van der Waals surface area contributed by atoms with E-state index in [0.29, 0.717) is 12.1 Å². The summed E-state index contributed by atoms with van der Waals surface area (Å²) in [5.74, 6) is -0.495. The Hall–Kier alpha value is -2.77. The van der Waals surface area contributed by atoms with E-state index in [1.807, 2.05) is 27.7 Å². The highest BCUT2D eigenvalue weighted by Gasteiger charge is 2.48. The highest BCUT2D eigenvalue weighted by Crippen LogP contribution is 2.41. The second-order valence-corrected chi connectivity index (χ2v) is 10.5. The molecule has 0 saturated heterocycles. The largest absolute Gasteiger partial charge is 0.508 e. The van der Waals surface area contributed by atoms with Gasteiger partial charge in [0.2, 0.25) is 11.8 Å². The number of hydrogen-bond donors (Lipinski definition) is 3. The molecule has 1 aromatic rings. The molecule has 0 heterocycles. The van der Waals surface area contributed by atoms with Crippen LogP contribution < -0.4 is 10.6 Å². The first kappa shape index (κ1) is 27.5. The zero-order valence-electron chi connectivity index (χ0n) is 21.6. The summed E-state index contributed by atoms with van der Waals surface area (Å²) in [5, 5.41) is 15.5. The number of carbonyl (C=O) groups excluding carboxylic acids is 3. The number of rotatable bonds is 10. The molecule has 34 heavy (non-hydrogen) atoms. The predicted molar refractivity (Wildman–Crippen MR) is 131 cm³/mol. The number of carbonyl (C=O) groups is 3. The zero-order valence-corrected chi connectivity index (χ0v) is 21.6. The summed E-state index contributed by atoms with van der Waals surface area (Å²) in [7, 11) is 0. The number of amides is 3. The van der Waals surface area contributed by atoms with Gasteiger partial charge in [0.15, 0.2) is 0 Å². The summed E-state index contributed by atoms with van der Waals surface area (Å²) >= 11 is 0. The summed E-state index contributed by atoms with van der Waals surface area (Å²) in [6.45, 7) is 13.6. The van der Waals surface area contributed by atoms with Crippen LogP contribution in [-0.2, 0) is 14.3 Å². The normalized spacial score (nSPS) is 19.2. The van der Waals surface area contributed by atoms with Gasteiger partial charge in [-0.1, -0.05) is 46.2 Å². The number of nitrogens with zero attached hydrogens (tertiary/aromatic N) is 1. The molecule has 1 fully saturated rings. The molecule has 4 atom stereocenters. The lowest BCUT2D eigenvalue weighted by atomic mass is 9.98. The van der Waals surface area contributed by atoms with Crippen molar-refractivity contribution in [1.29, 1.82) is 0 Å². The van der Waals surface area contributed by atoms with Crippen molar-refractivity contribution in [3.05, 3.63) is 29.8 Å².